The number of rotatable bonds is 3. The van der Waals surface area contributed by atoms with Gasteiger partial charge in [0, 0.05) is 28.2 Å². The van der Waals surface area contributed by atoms with Gasteiger partial charge in [-0.05, 0) is 30.2 Å². The summed E-state index contributed by atoms with van der Waals surface area (Å²) in [5, 5.41) is 12.6. The van der Waals surface area contributed by atoms with Gasteiger partial charge in [-0.3, -0.25) is 4.79 Å². The van der Waals surface area contributed by atoms with E-state index in [0.717, 1.165) is 27.7 Å². The van der Waals surface area contributed by atoms with Crippen molar-refractivity contribution in [1.82, 2.24) is 4.98 Å². The fraction of sp³-hybridized carbons (Fsp3) is 0.125. The summed E-state index contributed by atoms with van der Waals surface area (Å²) in [4.78, 5) is 18.5. The maximum absolute atomic E-state index is 13.6. The van der Waals surface area contributed by atoms with E-state index in [2.05, 4.69) is 4.98 Å². The Hall–Kier alpha value is -3.37. The van der Waals surface area contributed by atoms with E-state index < -0.39 is 5.60 Å². The number of aliphatic hydroxyl groups is 1. The number of aryl methyl sites for hydroxylation is 1. The van der Waals surface area contributed by atoms with Gasteiger partial charge in [-0.25, -0.2) is 0 Å². The van der Waals surface area contributed by atoms with Gasteiger partial charge in [-0.15, -0.1) is 0 Å². The first-order valence-electron chi connectivity index (χ1n) is 9.35. The third-order valence-corrected chi connectivity index (χ3v) is 5.71. The summed E-state index contributed by atoms with van der Waals surface area (Å²) in [7, 11) is 0. The smallest absolute Gasteiger partial charge is 0.268 e. The van der Waals surface area contributed by atoms with Gasteiger partial charge in [0.15, 0.2) is 5.60 Å². The fourth-order valence-corrected chi connectivity index (χ4v) is 4.18. The molecule has 1 atom stereocenters. The van der Waals surface area contributed by atoms with Crippen molar-refractivity contribution in [3.05, 3.63) is 101 Å². The number of fused-ring (bicyclic) bond motifs is 2. The molecule has 0 unspecified atom stereocenters. The van der Waals surface area contributed by atoms with Crippen molar-refractivity contribution >= 4 is 22.5 Å². The second-order valence-corrected chi connectivity index (χ2v) is 7.29. The molecule has 2 heterocycles. The van der Waals surface area contributed by atoms with Crippen molar-refractivity contribution in [1.29, 1.82) is 0 Å². The van der Waals surface area contributed by atoms with E-state index >= 15 is 0 Å². The van der Waals surface area contributed by atoms with Crippen LogP contribution in [0.15, 0.2) is 79.0 Å². The first kappa shape index (κ1) is 16.8. The number of para-hydroxylation sites is 2. The molecule has 4 heteroatoms. The third kappa shape index (κ3) is 2.25. The minimum Gasteiger partial charge on any atom is -0.372 e. The van der Waals surface area contributed by atoms with Gasteiger partial charge in [-0.2, -0.15) is 0 Å². The number of aromatic amines is 1. The molecule has 5 rings (SSSR count). The lowest BCUT2D eigenvalue weighted by molar-refractivity contribution is -0.132. The summed E-state index contributed by atoms with van der Waals surface area (Å²) in [6.07, 6.45) is 1.75. The highest BCUT2D eigenvalue weighted by molar-refractivity contribution is 6.11. The van der Waals surface area contributed by atoms with Crippen LogP contribution in [0, 0.1) is 6.92 Å². The highest BCUT2D eigenvalue weighted by Crippen LogP contribution is 2.46. The first-order valence-corrected chi connectivity index (χ1v) is 9.35. The molecule has 0 fully saturated rings. The van der Waals surface area contributed by atoms with Crippen molar-refractivity contribution in [2.24, 2.45) is 0 Å². The van der Waals surface area contributed by atoms with E-state index in [-0.39, 0.29) is 5.91 Å². The SMILES string of the molecule is Cc1ccccc1CN1C(=O)[C@@](O)(c2c[nH]c3ccccc23)c2ccccc21. The number of H-pyrrole nitrogens is 1. The van der Waals surface area contributed by atoms with Crippen molar-refractivity contribution in [2.45, 2.75) is 19.1 Å². The van der Waals surface area contributed by atoms with Gasteiger partial charge in [0.25, 0.3) is 5.91 Å². The highest BCUT2D eigenvalue weighted by atomic mass is 16.3. The van der Waals surface area contributed by atoms with Crippen LogP contribution in [0.3, 0.4) is 0 Å². The predicted molar refractivity (Wildman–Crippen MR) is 110 cm³/mol. The third-order valence-electron chi connectivity index (χ3n) is 5.71. The van der Waals surface area contributed by atoms with Gasteiger partial charge < -0.3 is 15.0 Å². The molecule has 2 N–H and O–H groups in total. The molecule has 3 aromatic carbocycles. The molecule has 4 aromatic rings. The Morgan fingerprint density at radius 2 is 1.64 bits per heavy atom. The Morgan fingerprint density at radius 3 is 2.50 bits per heavy atom. The van der Waals surface area contributed by atoms with Gasteiger partial charge >= 0.3 is 0 Å². The molecule has 0 saturated carbocycles. The topological polar surface area (TPSA) is 56.3 Å². The van der Waals surface area contributed by atoms with Crippen LogP contribution in [0.5, 0.6) is 0 Å². The van der Waals surface area contributed by atoms with Crippen LogP contribution in [0.2, 0.25) is 0 Å². The number of carbonyl (C=O) groups excluding carboxylic acids is 1. The molecule has 0 spiro atoms. The summed E-state index contributed by atoms with van der Waals surface area (Å²) in [5.74, 6) is -0.318. The Morgan fingerprint density at radius 1 is 0.929 bits per heavy atom. The molecule has 1 aliphatic rings. The average Bonchev–Trinajstić information content (AvgIpc) is 3.24. The molecular formula is C24H20N2O2. The summed E-state index contributed by atoms with van der Waals surface area (Å²) < 4.78 is 0. The molecule has 1 aromatic heterocycles. The van der Waals surface area contributed by atoms with Crippen LogP contribution in [0.25, 0.3) is 10.9 Å². The van der Waals surface area contributed by atoms with E-state index in [0.29, 0.717) is 17.7 Å². The highest BCUT2D eigenvalue weighted by Gasteiger charge is 2.52. The maximum atomic E-state index is 13.6. The Kier molecular flexibility index (Phi) is 3.64. The zero-order chi connectivity index (χ0) is 19.3. The quantitative estimate of drug-likeness (QED) is 0.568. The second kappa shape index (κ2) is 6.08. The zero-order valence-electron chi connectivity index (χ0n) is 15.5. The largest absolute Gasteiger partial charge is 0.372 e. The van der Waals surface area contributed by atoms with Crippen molar-refractivity contribution in [3.8, 4) is 0 Å². The number of anilines is 1. The van der Waals surface area contributed by atoms with Crippen molar-refractivity contribution in [3.63, 3.8) is 0 Å². The van der Waals surface area contributed by atoms with Crippen LogP contribution >= 0.6 is 0 Å². The van der Waals surface area contributed by atoms with Crippen LogP contribution < -0.4 is 4.90 Å². The minimum atomic E-state index is -1.71. The normalized spacial score (nSPS) is 18.6. The Bertz CT molecular complexity index is 1210. The summed E-state index contributed by atoms with van der Waals surface area (Å²) >= 11 is 0. The lowest BCUT2D eigenvalue weighted by Crippen LogP contribution is -2.40. The van der Waals surface area contributed by atoms with Gasteiger partial charge in [0.1, 0.15) is 0 Å². The lowest BCUT2D eigenvalue weighted by atomic mass is 9.87. The summed E-state index contributed by atoms with van der Waals surface area (Å²) in [6.45, 7) is 2.46. The Balaban J connectivity index is 1.68. The molecule has 0 bridgehead atoms. The molecular weight excluding hydrogens is 348 g/mol. The standard InChI is InChI=1S/C24H20N2O2/c1-16-8-2-3-9-17(16)15-26-22-13-7-5-11-19(22)24(28,23(26)27)20-14-25-21-12-6-4-10-18(20)21/h2-14,25,28H,15H2,1H3/t24-/m0/s1. The molecule has 0 radical (unpaired) electrons. The number of nitrogens with zero attached hydrogens (tertiary/aromatic N) is 1. The molecule has 0 aliphatic carbocycles. The van der Waals surface area contributed by atoms with Crippen LogP contribution in [0.1, 0.15) is 22.3 Å². The molecule has 28 heavy (non-hydrogen) atoms. The summed E-state index contributed by atoms with van der Waals surface area (Å²) in [5.41, 5.74) is 3.34. The average molecular weight is 368 g/mol. The van der Waals surface area contributed by atoms with Gasteiger partial charge in [-0.1, -0.05) is 60.7 Å². The van der Waals surface area contributed by atoms with Crippen molar-refractivity contribution in [2.75, 3.05) is 4.90 Å². The number of aromatic nitrogens is 1. The molecule has 0 saturated heterocycles. The fourth-order valence-electron chi connectivity index (χ4n) is 4.18. The van der Waals surface area contributed by atoms with E-state index in [1.807, 2.05) is 79.7 Å². The zero-order valence-corrected chi connectivity index (χ0v) is 15.5. The monoisotopic (exact) mass is 368 g/mol. The number of amides is 1. The van der Waals surface area contributed by atoms with Crippen LogP contribution in [-0.4, -0.2) is 16.0 Å². The van der Waals surface area contributed by atoms with E-state index in [1.165, 1.54) is 0 Å². The molecule has 4 nitrogen and oxygen atoms in total. The van der Waals surface area contributed by atoms with Crippen LogP contribution in [-0.2, 0) is 16.9 Å². The molecule has 1 aliphatic heterocycles. The number of benzene rings is 3. The van der Waals surface area contributed by atoms with Gasteiger partial charge in [0.2, 0.25) is 0 Å². The maximum Gasteiger partial charge on any atom is 0.268 e. The Labute approximate surface area is 163 Å². The van der Waals surface area contributed by atoms with Crippen LogP contribution in [0.4, 0.5) is 5.69 Å². The number of nitrogens with one attached hydrogen (secondary N) is 1. The van der Waals surface area contributed by atoms with Crippen molar-refractivity contribution < 1.29 is 9.90 Å². The van der Waals surface area contributed by atoms with E-state index in [9.17, 15) is 9.90 Å². The summed E-state index contributed by atoms with van der Waals surface area (Å²) in [6, 6.07) is 23.2. The number of carbonyl (C=O) groups is 1. The first-order chi connectivity index (χ1) is 13.6. The second-order valence-electron chi connectivity index (χ2n) is 7.29. The van der Waals surface area contributed by atoms with Gasteiger partial charge in [0.05, 0.1) is 12.2 Å². The van der Waals surface area contributed by atoms with E-state index in [4.69, 9.17) is 0 Å². The number of hydrogen-bond acceptors (Lipinski definition) is 2. The molecule has 1 amide bonds. The number of hydrogen-bond donors (Lipinski definition) is 2. The predicted octanol–water partition coefficient (Wildman–Crippen LogP) is 4.26. The minimum absolute atomic E-state index is 0.318. The van der Waals surface area contributed by atoms with E-state index in [1.54, 1.807) is 11.1 Å². The molecule has 138 valence electrons. The lowest BCUT2D eigenvalue weighted by Gasteiger charge is -2.23.